The molecule has 37 heavy (non-hydrogen) atoms. The predicted molar refractivity (Wildman–Crippen MR) is 147 cm³/mol. The maximum absolute atomic E-state index is 13.9. The second kappa shape index (κ2) is 11.2. The van der Waals surface area contributed by atoms with Crippen LogP contribution in [0.4, 0.5) is 4.79 Å². The normalized spacial score (nSPS) is 23.7. The van der Waals surface area contributed by atoms with Crippen LogP contribution < -0.4 is 0 Å². The Kier molecular flexibility index (Phi) is 8.37. The molecule has 3 aliphatic rings. The smallest absolute Gasteiger partial charge is 0.410 e. The van der Waals surface area contributed by atoms with Gasteiger partial charge >= 0.3 is 6.09 Å². The van der Waals surface area contributed by atoms with Gasteiger partial charge in [-0.3, -0.25) is 4.79 Å². The van der Waals surface area contributed by atoms with E-state index in [1.165, 1.54) is 22.3 Å². The molecule has 204 valence electrons. The van der Waals surface area contributed by atoms with Crippen LogP contribution in [0.1, 0.15) is 89.8 Å². The minimum atomic E-state index is -0.493. The Balaban J connectivity index is 1.40. The van der Waals surface area contributed by atoms with E-state index in [0.717, 1.165) is 57.1 Å². The Hall–Kier alpha value is -2.34. The number of ether oxygens (including phenoxy) is 1. The number of fused-ring (bicyclic) bond motifs is 2. The van der Waals surface area contributed by atoms with Gasteiger partial charge in [0.2, 0.25) is 5.91 Å². The molecule has 2 aliphatic carbocycles. The molecule has 1 atom stereocenters. The minimum absolute atomic E-state index is 0.0637. The molecule has 0 spiro atoms. The number of benzene rings is 1. The molecule has 1 heterocycles. The predicted octanol–water partition coefficient (Wildman–Crippen LogP) is 5.81. The number of hydrogen-bond donors (Lipinski definition) is 1. The fraction of sp³-hybridized carbons (Fsp3) is 0.677. The molecule has 1 fully saturated rings. The van der Waals surface area contributed by atoms with Crippen molar-refractivity contribution >= 4 is 17.6 Å². The molecule has 0 radical (unpaired) electrons. The van der Waals surface area contributed by atoms with Crippen molar-refractivity contribution in [1.82, 2.24) is 9.80 Å². The summed E-state index contributed by atoms with van der Waals surface area (Å²) in [6, 6.07) is 6.50. The highest BCUT2D eigenvalue weighted by Crippen LogP contribution is 2.44. The topological polar surface area (TPSA) is 70.1 Å². The lowest BCUT2D eigenvalue weighted by atomic mass is 9.80. The summed E-state index contributed by atoms with van der Waals surface area (Å²) in [4.78, 5) is 30.2. The zero-order valence-electron chi connectivity index (χ0n) is 23.7. The van der Waals surface area contributed by atoms with Gasteiger partial charge in [-0.05, 0) is 105 Å². The van der Waals surface area contributed by atoms with Crippen molar-refractivity contribution in [1.29, 1.82) is 0 Å². The molecule has 1 aromatic carbocycles. The summed E-state index contributed by atoms with van der Waals surface area (Å²) in [5.41, 5.74) is 5.94. The van der Waals surface area contributed by atoms with Crippen LogP contribution in [-0.4, -0.2) is 58.7 Å². The molecular weight excluding hydrogens is 464 g/mol. The van der Waals surface area contributed by atoms with Gasteiger partial charge in [-0.1, -0.05) is 32.0 Å². The summed E-state index contributed by atoms with van der Waals surface area (Å²) in [5, 5.41) is 9.60. The highest BCUT2D eigenvalue weighted by Gasteiger charge is 2.40. The molecule has 2 amide bonds. The molecule has 0 saturated heterocycles. The summed E-state index contributed by atoms with van der Waals surface area (Å²) < 4.78 is 5.50. The fourth-order valence-electron chi connectivity index (χ4n) is 6.47. The molecule has 1 aliphatic heterocycles. The number of hydrogen-bond acceptors (Lipinski definition) is 4. The van der Waals surface area contributed by atoms with Crippen LogP contribution in [0.25, 0.3) is 5.57 Å². The Morgan fingerprint density at radius 2 is 1.86 bits per heavy atom. The average Bonchev–Trinajstić information content (AvgIpc) is 3.21. The van der Waals surface area contributed by atoms with Gasteiger partial charge < -0.3 is 19.6 Å². The SMILES string of the molecule is CC(C)CC1C2=C(CCN1C(=O)C1CCC(CN(C)C(=O)OC(C)(C)C)CC1)c1ccc(CO)cc1C2. The molecule has 0 bridgehead atoms. The first-order valence-corrected chi connectivity index (χ1v) is 14.2. The number of carbonyl (C=O) groups is 2. The number of amides is 2. The van der Waals surface area contributed by atoms with Crippen molar-refractivity contribution in [2.45, 2.75) is 97.8 Å². The first-order valence-electron chi connectivity index (χ1n) is 14.2. The van der Waals surface area contributed by atoms with E-state index < -0.39 is 5.60 Å². The number of aliphatic hydroxyl groups is 1. The largest absolute Gasteiger partial charge is 0.444 e. The van der Waals surface area contributed by atoms with E-state index in [2.05, 4.69) is 30.9 Å². The Morgan fingerprint density at radius 1 is 1.16 bits per heavy atom. The van der Waals surface area contributed by atoms with Crippen LogP contribution in [0.3, 0.4) is 0 Å². The number of carbonyl (C=O) groups excluding carboxylic acids is 2. The second-order valence-electron chi connectivity index (χ2n) is 12.8. The van der Waals surface area contributed by atoms with Crippen molar-refractivity contribution in [2.75, 3.05) is 20.1 Å². The maximum Gasteiger partial charge on any atom is 0.410 e. The summed E-state index contributed by atoms with van der Waals surface area (Å²) >= 11 is 0. The average molecular weight is 511 g/mol. The number of nitrogens with zero attached hydrogens (tertiary/aromatic N) is 2. The van der Waals surface area contributed by atoms with Crippen molar-refractivity contribution in [2.24, 2.45) is 17.8 Å². The van der Waals surface area contributed by atoms with E-state index in [1.807, 2.05) is 33.9 Å². The van der Waals surface area contributed by atoms with E-state index in [9.17, 15) is 14.7 Å². The van der Waals surface area contributed by atoms with Gasteiger partial charge in [-0.25, -0.2) is 4.79 Å². The van der Waals surface area contributed by atoms with Crippen LogP contribution in [0.15, 0.2) is 23.8 Å². The van der Waals surface area contributed by atoms with Gasteiger partial charge in [0.25, 0.3) is 0 Å². The molecule has 1 saturated carbocycles. The van der Waals surface area contributed by atoms with Crippen molar-refractivity contribution in [3.8, 4) is 0 Å². The van der Waals surface area contributed by atoms with Gasteiger partial charge in [0.1, 0.15) is 5.60 Å². The Morgan fingerprint density at radius 3 is 2.49 bits per heavy atom. The summed E-state index contributed by atoms with van der Waals surface area (Å²) in [5.74, 6) is 1.31. The van der Waals surface area contributed by atoms with E-state index >= 15 is 0 Å². The summed E-state index contributed by atoms with van der Waals surface area (Å²) in [7, 11) is 1.81. The van der Waals surface area contributed by atoms with Crippen molar-refractivity contribution in [3.05, 3.63) is 40.5 Å². The first-order chi connectivity index (χ1) is 17.5. The van der Waals surface area contributed by atoms with Gasteiger partial charge in [0, 0.05) is 26.1 Å². The molecule has 0 aromatic heterocycles. The van der Waals surface area contributed by atoms with E-state index in [-0.39, 0.29) is 24.7 Å². The van der Waals surface area contributed by atoms with E-state index in [1.54, 1.807) is 4.90 Å². The minimum Gasteiger partial charge on any atom is -0.444 e. The van der Waals surface area contributed by atoms with Crippen molar-refractivity contribution in [3.63, 3.8) is 0 Å². The molecule has 1 N–H and O–H groups in total. The Bertz CT molecular complexity index is 1030. The lowest BCUT2D eigenvalue weighted by molar-refractivity contribution is -0.139. The highest BCUT2D eigenvalue weighted by molar-refractivity contribution is 5.84. The molecule has 4 rings (SSSR count). The zero-order valence-corrected chi connectivity index (χ0v) is 23.7. The summed E-state index contributed by atoms with van der Waals surface area (Å²) in [6.07, 6.45) is 6.24. The zero-order chi connectivity index (χ0) is 26.9. The number of aliphatic hydroxyl groups excluding tert-OH is 1. The van der Waals surface area contributed by atoms with Crippen molar-refractivity contribution < 1.29 is 19.4 Å². The molecular formula is C31H46N2O4. The molecule has 6 heteroatoms. The third kappa shape index (κ3) is 6.39. The lowest BCUT2D eigenvalue weighted by Gasteiger charge is -2.41. The maximum atomic E-state index is 13.9. The molecule has 6 nitrogen and oxygen atoms in total. The van der Waals surface area contributed by atoms with Crippen LogP contribution >= 0.6 is 0 Å². The number of rotatable bonds is 6. The summed E-state index contributed by atoms with van der Waals surface area (Å²) in [6.45, 7) is 11.7. The van der Waals surface area contributed by atoms with Crippen LogP contribution in [-0.2, 0) is 22.6 Å². The van der Waals surface area contributed by atoms with E-state index in [4.69, 9.17) is 4.74 Å². The van der Waals surface area contributed by atoms with Crippen LogP contribution in [0.5, 0.6) is 0 Å². The molecule has 1 aromatic rings. The molecule has 1 unspecified atom stereocenters. The third-order valence-electron chi connectivity index (χ3n) is 8.24. The Labute approximate surface area is 223 Å². The lowest BCUT2D eigenvalue weighted by Crippen LogP contribution is -2.48. The first kappa shape index (κ1) is 27.7. The quantitative estimate of drug-likeness (QED) is 0.524. The van der Waals surface area contributed by atoms with Gasteiger partial charge in [-0.2, -0.15) is 0 Å². The second-order valence-corrected chi connectivity index (χ2v) is 12.8. The third-order valence-corrected chi connectivity index (χ3v) is 8.24. The monoisotopic (exact) mass is 510 g/mol. The standard InChI is InChI=1S/C31H46N2O4/c1-20(2)15-28-27-17-24-16-22(19-34)9-12-25(24)26(27)13-14-33(28)29(35)23-10-7-21(8-11-23)18-32(6)30(36)37-31(3,4)5/h9,12,16,20-21,23,28,34H,7-8,10-11,13-15,17-19H2,1-6H3. The van der Waals surface area contributed by atoms with E-state index in [0.29, 0.717) is 24.3 Å². The van der Waals surface area contributed by atoms with Gasteiger partial charge in [-0.15, -0.1) is 0 Å². The van der Waals surface area contributed by atoms with Gasteiger partial charge in [0.05, 0.1) is 12.6 Å². The highest BCUT2D eigenvalue weighted by atomic mass is 16.6. The van der Waals surface area contributed by atoms with Gasteiger partial charge in [0.15, 0.2) is 0 Å². The van der Waals surface area contributed by atoms with Crippen LogP contribution in [0, 0.1) is 17.8 Å². The fourth-order valence-corrected chi connectivity index (χ4v) is 6.47. The van der Waals surface area contributed by atoms with Crippen LogP contribution in [0.2, 0.25) is 0 Å².